The number of rotatable bonds is 7. The Morgan fingerprint density at radius 1 is 1.12 bits per heavy atom. The van der Waals surface area contributed by atoms with Crippen molar-refractivity contribution in [1.29, 1.82) is 0 Å². The molecule has 0 aliphatic heterocycles. The number of benzene rings is 3. The molecule has 174 valence electrons. The molecule has 3 N–H and O–H groups in total. The molecular formula is C25H24Cl2FNO4. The summed E-state index contributed by atoms with van der Waals surface area (Å²) in [6.45, 7) is 0.421. The highest BCUT2D eigenvalue weighted by Crippen LogP contribution is 2.30. The molecule has 5 nitrogen and oxygen atoms in total. The van der Waals surface area contributed by atoms with Gasteiger partial charge in [0, 0.05) is 17.6 Å². The molecule has 0 saturated carbocycles. The lowest BCUT2D eigenvalue weighted by Gasteiger charge is -2.27. The number of hydrogen-bond donors (Lipinski definition) is 3. The summed E-state index contributed by atoms with van der Waals surface area (Å²) >= 11 is 6.01. The van der Waals surface area contributed by atoms with Crippen molar-refractivity contribution in [3.63, 3.8) is 0 Å². The average Bonchev–Trinajstić information content (AvgIpc) is 2.78. The Hall–Kier alpha value is -2.64. The van der Waals surface area contributed by atoms with Gasteiger partial charge in [-0.1, -0.05) is 29.8 Å². The summed E-state index contributed by atoms with van der Waals surface area (Å²) in [7, 11) is 0. The van der Waals surface area contributed by atoms with Crippen molar-refractivity contribution in [2.24, 2.45) is 0 Å². The Morgan fingerprint density at radius 2 is 1.88 bits per heavy atom. The van der Waals surface area contributed by atoms with Crippen LogP contribution >= 0.6 is 24.0 Å². The van der Waals surface area contributed by atoms with Crippen molar-refractivity contribution in [2.45, 2.75) is 31.4 Å². The molecule has 1 aliphatic carbocycles. The van der Waals surface area contributed by atoms with Gasteiger partial charge in [-0.3, -0.25) is 0 Å². The first-order chi connectivity index (χ1) is 15.4. The van der Waals surface area contributed by atoms with Crippen LogP contribution in [0.2, 0.25) is 5.02 Å². The molecule has 0 spiro atoms. The van der Waals surface area contributed by atoms with Crippen LogP contribution in [0.25, 0.3) is 0 Å². The smallest absolute Gasteiger partial charge is 0.338 e. The second-order valence-electron chi connectivity index (χ2n) is 7.90. The summed E-state index contributed by atoms with van der Waals surface area (Å²) in [5, 5.41) is 23.6. The van der Waals surface area contributed by atoms with Crippen molar-refractivity contribution < 1.29 is 24.1 Å². The fourth-order valence-corrected chi connectivity index (χ4v) is 4.15. The predicted octanol–water partition coefficient (Wildman–Crippen LogP) is 5.57. The lowest BCUT2D eigenvalue weighted by atomic mass is 9.88. The molecule has 0 bridgehead atoms. The van der Waals surface area contributed by atoms with Gasteiger partial charge in [-0.25, -0.2) is 9.18 Å². The largest absolute Gasteiger partial charge is 0.478 e. The van der Waals surface area contributed by atoms with Gasteiger partial charge >= 0.3 is 5.97 Å². The maximum atomic E-state index is 13.6. The number of halogens is 3. The van der Waals surface area contributed by atoms with E-state index in [4.69, 9.17) is 21.4 Å². The number of aryl methyl sites for hydroxylation is 1. The number of carboxylic acid groups (broad SMARTS) is 1. The van der Waals surface area contributed by atoms with E-state index in [-0.39, 0.29) is 24.2 Å². The van der Waals surface area contributed by atoms with Crippen molar-refractivity contribution in [2.75, 3.05) is 6.54 Å². The molecule has 2 atom stereocenters. The molecular weight excluding hydrogens is 468 g/mol. The number of fused-ring (bicyclic) bond motifs is 1. The van der Waals surface area contributed by atoms with Crippen molar-refractivity contribution >= 4 is 30.0 Å². The van der Waals surface area contributed by atoms with Crippen LogP contribution in [0.3, 0.4) is 0 Å². The summed E-state index contributed by atoms with van der Waals surface area (Å²) in [5.74, 6) is -1.32. The van der Waals surface area contributed by atoms with Crippen LogP contribution in [-0.2, 0) is 12.8 Å². The molecule has 0 aromatic heterocycles. The van der Waals surface area contributed by atoms with Crippen molar-refractivity contribution in [3.05, 3.63) is 93.8 Å². The molecule has 3 aromatic rings. The third-order valence-electron chi connectivity index (χ3n) is 5.64. The molecule has 0 amide bonds. The van der Waals surface area contributed by atoms with E-state index in [1.54, 1.807) is 12.1 Å². The number of carbonyl (C=O) groups is 1. The molecule has 8 heteroatoms. The summed E-state index contributed by atoms with van der Waals surface area (Å²) in [6.07, 6.45) is 1.99. The lowest BCUT2D eigenvalue weighted by Crippen LogP contribution is -2.37. The van der Waals surface area contributed by atoms with Crippen LogP contribution in [0.15, 0.2) is 60.7 Å². The zero-order chi connectivity index (χ0) is 22.7. The standard InChI is InChI=1S/C25H23ClFNO4.ClH/c26-18-3-1-2-16(10-18)24(29)14-28-19-6-4-15-5-7-20(12-17(15)11-19)32-21-8-9-23(27)22(13-21)25(30)31;/h1-3,5,7-10,12-13,19,24,28-29H,4,6,11,14H2,(H,30,31);1H/t19-,24-;/m0./s1. The second kappa shape index (κ2) is 11.0. The average molecular weight is 492 g/mol. The zero-order valence-corrected chi connectivity index (χ0v) is 19.2. The Labute approximate surface area is 202 Å². The van der Waals surface area contributed by atoms with Crippen molar-refractivity contribution in [1.82, 2.24) is 5.32 Å². The summed E-state index contributed by atoms with van der Waals surface area (Å²) in [5.41, 5.74) is 2.71. The molecule has 0 fully saturated rings. The number of hydrogen-bond acceptors (Lipinski definition) is 4. The Bertz CT molecular complexity index is 1140. The van der Waals surface area contributed by atoms with Crippen LogP contribution in [0.4, 0.5) is 4.39 Å². The number of aromatic carboxylic acids is 1. The highest BCUT2D eigenvalue weighted by molar-refractivity contribution is 6.30. The van der Waals surface area contributed by atoms with Gasteiger partial charge in [-0.05, 0) is 78.4 Å². The monoisotopic (exact) mass is 491 g/mol. The zero-order valence-electron chi connectivity index (χ0n) is 17.6. The van der Waals surface area contributed by atoms with Crippen LogP contribution in [0.5, 0.6) is 11.5 Å². The first-order valence-corrected chi connectivity index (χ1v) is 10.8. The van der Waals surface area contributed by atoms with E-state index >= 15 is 0 Å². The van der Waals surface area contributed by atoms with Gasteiger partial charge in [0.05, 0.1) is 11.7 Å². The molecule has 0 saturated heterocycles. The van der Waals surface area contributed by atoms with Crippen LogP contribution < -0.4 is 10.1 Å². The molecule has 33 heavy (non-hydrogen) atoms. The highest BCUT2D eigenvalue weighted by atomic mass is 35.5. The summed E-state index contributed by atoms with van der Waals surface area (Å²) in [4.78, 5) is 11.1. The Morgan fingerprint density at radius 3 is 2.64 bits per heavy atom. The van der Waals surface area contributed by atoms with E-state index in [2.05, 4.69) is 5.32 Å². The first-order valence-electron chi connectivity index (χ1n) is 10.4. The Balaban J connectivity index is 0.00000306. The van der Waals surface area contributed by atoms with Gasteiger partial charge in [-0.2, -0.15) is 0 Å². The van der Waals surface area contributed by atoms with E-state index in [0.717, 1.165) is 36.5 Å². The summed E-state index contributed by atoms with van der Waals surface area (Å²) < 4.78 is 19.4. The molecule has 3 aromatic carbocycles. The number of aliphatic hydroxyl groups excluding tert-OH is 1. The van der Waals surface area contributed by atoms with E-state index in [1.807, 2.05) is 30.3 Å². The van der Waals surface area contributed by atoms with Gasteiger partial charge in [0.2, 0.25) is 0 Å². The molecule has 0 unspecified atom stereocenters. The van der Waals surface area contributed by atoms with Crippen LogP contribution in [0.1, 0.15) is 39.6 Å². The number of nitrogens with one attached hydrogen (secondary N) is 1. The first kappa shape index (κ1) is 25.0. The molecule has 0 heterocycles. The fraction of sp³-hybridized carbons (Fsp3) is 0.240. The molecule has 1 aliphatic rings. The van der Waals surface area contributed by atoms with E-state index < -0.39 is 23.5 Å². The number of ether oxygens (including phenoxy) is 1. The summed E-state index contributed by atoms with van der Waals surface area (Å²) in [6, 6.07) is 16.8. The minimum atomic E-state index is -1.34. The number of aliphatic hydroxyl groups is 1. The molecule has 0 radical (unpaired) electrons. The quantitative estimate of drug-likeness (QED) is 0.402. The third-order valence-corrected chi connectivity index (χ3v) is 5.88. The van der Waals surface area contributed by atoms with E-state index in [1.165, 1.54) is 17.7 Å². The lowest BCUT2D eigenvalue weighted by molar-refractivity contribution is 0.0691. The minimum Gasteiger partial charge on any atom is -0.478 e. The van der Waals surface area contributed by atoms with Gasteiger partial charge < -0.3 is 20.3 Å². The Kier molecular flexibility index (Phi) is 8.32. The van der Waals surface area contributed by atoms with Gasteiger partial charge in [0.25, 0.3) is 0 Å². The van der Waals surface area contributed by atoms with E-state index in [9.17, 15) is 14.3 Å². The maximum Gasteiger partial charge on any atom is 0.338 e. The van der Waals surface area contributed by atoms with Gasteiger partial charge in [-0.15, -0.1) is 12.4 Å². The van der Waals surface area contributed by atoms with Crippen LogP contribution in [0, 0.1) is 5.82 Å². The maximum absolute atomic E-state index is 13.6. The number of carboxylic acids is 1. The fourth-order valence-electron chi connectivity index (χ4n) is 3.95. The normalized spacial score (nSPS) is 15.8. The third kappa shape index (κ3) is 6.24. The van der Waals surface area contributed by atoms with E-state index in [0.29, 0.717) is 17.3 Å². The highest BCUT2D eigenvalue weighted by Gasteiger charge is 2.20. The van der Waals surface area contributed by atoms with Crippen LogP contribution in [-0.4, -0.2) is 28.8 Å². The van der Waals surface area contributed by atoms with Gasteiger partial charge in [0.1, 0.15) is 17.3 Å². The second-order valence-corrected chi connectivity index (χ2v) is 8.33. The predicted molar refractivity (Wildman–Crippen MR) is 127 cm³/mol. The van der Waals surface area contributed by atoms with Crippen molar-refractivity contribution in [3.8, 4) is 11.5 Å². The minimum absolute atomic E-state index is 0. The SMILES string of the molecule is Cl.O=C(O)c1cc(Oc2ccc3c(c2)C[C@@H](NC[C@H](O)c2cccc(Cl)c2)CC3)ccc1F. The topological polar surface area (TPSA) is 78.8 Å². The molecule has 4 rings (SSSR count). The van der Waals surface area contributed by atoms with Gasteiger partial charge in [0.15, 0.2) is 0 Å².